The Labute approximate surface area is 96.2 Å². The Kier molecular flexibility index (Phi) is 2.78. The summed E-state index contributed by atoms with van der Waals surface area (Å²) in [5.41, 5.74) is 5.47. The van der Waals surface area contributed by atoms with Gasteiger partial charge in [0.1, 0.15) is 0 Å². The molecule has 0 radical (unpaired) electrons. The number of likely N-dealkylation sites (tertiary alicyclic amines) is 1. The summed E-state index contributed by atoms with van der Waals surface area (Å²) in [4.78, 5) is 25.6. The van der Waals surface area contributed by atoms with E-state index in [1.54, 1.807) is 0 Å². The standard InChI is InChI=1S/C12H20N2O2/c1-12(2,6-13)7-14-10(15)8-4-3-5-9(8)11(14)16/h8-9H,3-7,13H2,1-2H3. The van der Waals surface area contributed by atoms with E-state index in [4.69, 9.17) is 5.73 Å². The number of imide groups is 1. The minimum Gasteiger partial charge on any atom is -0.330 e. The van der Waals surface area contributed by atoms with Crippen LogP contribution in [0, 0.1) is 17.3 Å². The van der Waals surface area contributed by atoms with E-state index in [1.165, 1.54) is 4.90 Å². The van der Waals surface area contributed by atoms with Gasteiger partial charge in [-0.05, 0) is 24.8 Å². The summed E-state index contributed by atoms with van der Waals surface area (Å²) in [5.74, 6) is 0.0187. The average Bonchev–Trinajstić information content (AvgIpc) is 2.79. The molecule has 0 aromatic rings. The molecule has 90 valence electrons. The number of hydrogen-bond donors (Lipinski definition) is 1. The number of nitrogens with zero attached hydrogens (tertiary/aromatic N) is 1. The smallest absolute Gasteiger partial charge is 0.233 e. The zero-order valence-corrected chi connectivity index (χ0v) is 10.0. The van der Waals surface area contributed by atoms with Gasteiger partial charge in [0.15, 0.2) is 0 Å². The Balaban J connectivity index is 2.12. The second-order valence-electron chi connectivity index (χ2n) is 5.77. The van der Waals surface area contributed by atoms with E-state index in [1.807, 2.05) is 13.8 Å². The van der Waals surface area contributed by atoms with E-state index >= 15 is 0 Å². The number of carbonyl (C=O) groups excluding carboxylic acids is 2. The summed E-state index contributed by atoms with van der Waals surface area (Å²) in [7, 11) is 0. The van der Waals surface area contributed by atoms with Crippen molar-refractivity contribution in [3.8, 4) is 0 Å². The zero-order valence-electron chi connectivity index (χ0n) is 10.0. The lowest BCUT2D eigenvalue weighted by Gasteiger charge is -2.28. The Bertz CT molecular complexity index is 303. The van der Waals surface area contributed by atoms with Gasteiger partial charge in [0.2, 0.25) is 11.8 Å². The van der Waals surface area contributed by atoms with Crippen LogP contribution in [-0.4, -0.2) is 29.8 Å². The second-order valence-corrected chi connectivity index (χ2v) is 5.77. The molecule has 2 unspecified atom stereocenters. The summed E-state index contributed by atoms with van der Waals surface area (Å²) in [5, 5.41) is 0. The summed E-state index contributed by atoms with van der Waals surface area (Å²) < 4.78 is 0. The first-order chi connectivity index (χ1) is 7.46. The van der Waals surface area contributed by atoms with Gasteiger partial charge >= 0.3 is 0 Å². The van der Waals surface area contributed by atoms with Crippen LogP contribution in [0.15, 0.2) is 0 Å². The molecule has 4 nitrogen and oxygen atoms in total. The van der Waals surface area contributed by atoms with Crippen LogP contribution in [0.5, 0.6) is 0 Å². The molecular formula is C12H20N2O2. The molecule has 2 N–H and O–H groups in total. The molecule has 0 spiro atoms. The van der Waals surface area contributed by atoms with Gasteiger partial charge in [-0.25, -0.2) is 0 Å². The lowest BCUT2D eigenvalue weighted by atomic mass is 9.93. The first kappa shape index (κ1) is 11.6. The fourth-order valence-corrected chi connectivity index (χ4v) is 2.71. The molecule has 2 rings (SSSR count). The van der Waals surface area contributed by atoms with Crippen molar-refractivity contribution in [2.45, 2.75) is 33.1 Å². The number of fused-ring (bicyclic) bond motifs is 1. The third-order valence-corrected chi connectivity index (χ3v) is 3.82. The van der Waals surface area contributed by atoms with Gasteiger partial charge in [0.05, 0.1) is 11.8 Å². The van der Waals surface area contributed by atoms with Crippen molar-refractivity contribution < 1.29 is 9.59 Å². The van der Waals surface area contributed by atoms with Crippen LogP contribution in [0.3, 0.4) is 0 Å². The predicted molar refractivity (Wildman–Crippen MR) is 60.4 cm³/mol. The third kappa shape index (κ3) is 1.75. The number of rotatable bonds is 3. The van der Waals surface area contributed by atoms with E-state index in [9.17, 15) is 9.59 Å². The van der Waals surface area contributed by atoms with Gasteiger partial charge in [-0.15, -0.1) is 0 Å². The number of amides is 2. The molecule has 0 aromatic heterocycles. The van der Waals surface area contributed by atoms with Crippen LogP contribution in [0.4, 0.5) is 0 Å². The van der Waals surface area contributed by atoms with Crippen LogP contribution in [0.25, 0.3) is 0 Å². The molecule has 0 bridgehead atoms. The Morgan fingerprint density at radius 1 is 1.25 bits per heavy atom. The molecule has 2 aliphatic rings. The lowest BCUT2D eigenvalue weighted by molar-refractivity contribution is -0.141. The Morgan fingerprint density at radius 2 is 1.75 bits per heavy atom. The van der Waals surface area contributed by atoms with Crippen LogP contribution in [-0.2, 0) is 9.59 Å². The SMILES string of the molecule is CC(C)(CN)CN1C(=O)C2CCCC2C1=O. The number of hydrogen-bond acceptors (Lipinski definition) is 3. The summed E-state index contributed by atoms with van der Waals surface area (Å²) >= 11 is 0. The molecule has 2 atom stereocenters. The van der Waals surface area contributed by atoms with Crippen LogP contribution >= 0.6 is 0 Å². The first-order valence-electron chi connectivity index (χ1n) is 6.01. The minimum atomic E-state index is -0.177. The van der Waals surface area contributed by atoms with Crippen molar-refractivity contribution in [2.24, 2.45) is 23.0 Å². The zero-order chi connectivity index (χ0) is 11.9. The summed E-state index contributed by atoms with van der Waals surface area (Å²) in [6, 6.07) is 0. The predicted octanol–water partition coefficient (Wildman–Crippen LogP) is 0.756. The van der Waals surface area contributed by atoms with Gasteiger partial charge < -0.3 is 5.73 Å². The number of carbonyl (C=O) groups is 2. The van der Waals surface area contributed by atoms with Crippen LogP contribution in [0.2, 0.25) is 0 Å². The number of nitrogens with two attached hydrogens (primary N) is 1. The molecule has 4 heteroatoms. The van der Waals surface area contributed by atoms with Gasteiger partial charge in [-0.1, -0.05) is 20.3 Å². The fourth-order valence-electron chi connectivity index (χ4n) is 2.71. The first-order valence-corrected chi connectivity index (χ1v) is 6.01. The molecule has 16 heavy (non-hydrogen) atoms. The fraction of sp³-hybridized carbons (Fsp3) is 0.833. The maximum absolute atomic E-state index is 12.1. The minimum absolute atomic E-state index is 0.0268. The van der Waals surface area contributed by atoms with Gasteiger partial charge in [0, 0.05) is 6.54 Å². The molecule has 2 amide bonds. The highest BCUT2D eigenvalue weighted by atomic mass is 16.2. The quantitative estimate of drug-likeness (QED) is 0.720. The molecule has 1 aliphatic carbocycles. The monoisotopic (exact) mass is 224 g/mol. The van der Waals surface area contributed by atoms with E-state index in [0.717, 1.165) is 19.3 Å². The highest BCUT2D eigenvalue weighted by Crippen LogP contribution is 2.40. The van der Waals surface area contributed by atoms with Gasteiger partial charge in [-0.3, -0.25) is 14.5 Å². The van der Waals surface area contributed by atoms with E-state index < -0.39 is 0 Å². The molecule has 1 saturated heterocycles. The molecule has 0 aromatic carbocycles. The summed E-state index contributed by atoms with van der Waals surface area (Å²) in [6.45, 7) is 4.93. The van der Waals surface area contributed by atoms with Gasteiger partial charge in [0.25, 0.3) is 0 Å². The van der Waals surface area contributed by atoms with E-state index in [0.29, 0.717) is 13.1 Å². The van der Waals surface area contributed by atoms with Gasteiger partial charge in [-0.2, -0.15) is 0 Å². The van der Waals surface area contributed by atoms with E-state index in [2.05, 4.69) is 0 Å². The topological polar surface area (TPSA) is 63.4 Å². The molecule has 1 saturated carbocycles. The van der Waals surface area contributed by atoms with Crippen molar-refractivity contribution in [3.63, 3.8) is 0 Å². The van der Waals surface area contributed by atoms with Crippen molar-refractivity contribution in [1.82, 2.24) is 4.90 Å². The summed E-state index contributed by atoms with van der Waals surface area (Å²) in [6.07, 6.45) is 2.78. The van der Waals surface area contributed by atoms with Crippen molar-refractivity contribution in [2.75, 3.05) is 13.1 Å². The molecule has 1 heterocycles. The van der Waals surface area contributed by atoms with Crippen LogP contribution in [0.1, 0.15) is 33.1 Å². The molecule has 2 fully saturated rings. The molecule has 1 aliphatic heterocycles. The van der Waals surface area contributed by atoms with Crippen molar-refractivity contribution >= 4 is 11.8 Å². The highest BCUT2D eigenvalue weighted by Gasteiger charge is 2.50. The normalized spacial score (nSPS) is 30.1. The largest absolute Gasteiger partial charge is 0.330 e. The maximum Gasteiger partial charge on any atom is 0.233 e. The van der Waals surface area contributed by atoms with Crippen molar-refractivity contribution in [1.29, 1.82) is 0 Å². The van der Waals surface area contributed by atoms with Crippen LogP contribution < -0.4 is 5.73 Å². The highest BCUT2D eigenvalue weighted by molar-refractivity contribution is 6.05. The third-order valence-electron chi connectivity index (χ3n) is 3.82. The second kappa shape index (κ2) is 3.84. The Morgan fingerprint density at radius 3 is 2.19 bits per heavy atom. The van der Waals surface area contributed by atoms with Crippen molar-refractivity contribution in [3.05, 3.63) is 0 Å². The maximum atomic E-state index is 12.1. The molecular weight excluding hydrogens is 204 g/mol. The van der Waals surface area contributed by atoms with E-state index in [-0.39, 0.29) is 29.1 Å². The lowest BCUT2D eigenvalue weighted by Crippen LogP contribution is -2.42. The average molecular weight is 224 g/mol. The Hall–Kier alpha value is -0.900.